The summed E-state index contributed by atoms with van der Waals surface area (Å²) >= 11 is 0. The molecule has 1 heterocycles. The number of hydrogen-bond acceptors (Lipinski definition) is 4. The van der Waals surface area contributed by atoms with Crippen molar-refractivity contribution in [3.63, 3.8) is 0 Å². The summed E-state index contributed by atoms with van der Waals surface area (Å²) in [5.74, 6) is 0.579. The Bertz CT molecular complexity index is 445. The van der Waals surface area contributed by atoms with Gasteiger partial charge in [-0.05, 0) is 31.8 Å². The number of likely N-dealkylation sites (N-methyl/N-ethyl adjacent to an activating group) is 1. The van der Waals surface area contributed by atoms with Crippen molar-refractivity contribution in [3.8, 4) is 5.75 Å². The number of carbonyl (C=O) groups is 1. The number of aliphatic hydroxyl groups is 1. The number of benzene rings is 1. The topological polar surface area (TPSA) is 53.0 Å². The van der Waals surface area contributed by atoms with E-state index in [-0.39, 0.29) is 12.5 Å². The molecule has 0 spiro atoms. The summed E-state index contributed by atoms with van der Waals surface area (Å²) in [6.07, 6.45) is -0.689. The molecule has 92 valence electrons. The van der Waals surface area contributed by atoms with Gasteiger partial charge in [-0.2, -0.15) is 0 Å². The Hall–Kier alpha value is -1.59. The molecule has 1 unspecified atom stereocenters. The lowest BCUT2D eigenvalue weighted by molar-refractivity contribution is -0.120. The Labute approximate surface area is 100 Å². The van der Waals surface area contributed by atoms with E-state index in [1.807, 2.05) is 0 Å². The van der Waals surface area contributed by atoms with Gasteiger partial charge in [0.2, 0.25) is 0 Å². The number of rotatable bonds is 2. The minimum absolute atomic E-state index is 0.0685. The number of anilines is 1. The first-order valence-corrected chi connectivity index (χ1v) is 5.38. The van der Waals surface area contributed by atoms with Crippen LogP contribution < -0.4 is 9.64 Å². The van der Waals surface area contributed by atoms with E-state index in [1.54, 1.807) is 49.1 Å². The lowest BCUT2D eigenvalue weighted by atomic mass is 10.1. The van der Waals surface area contributed by atoms with E-state index in [1.165, 1.54) is 0 Å². The zero-order chi connectivity index (χ0) is 12.6. The van der Waals surface area contributed by atoms with Gasteiger partial charge in [-0.25, -0.2) is 0 Å². The van der Waals surface area contributed by atoms with Crippen molar-refractivity contribution in [2.45, 2.75) is 6.23 Å². The van der Waals surface area contributed by atoms with Crippen LogP contribution in [0.15, 0.2) is 18.2 Å². The second-order valence-corrected chi connectivity index (χ2v) is 4.31. The summed E-state index contributed by atoms with van der Waals surface area (Å²) in [7, 11) is 5.28. The van der Waals surface area contributed by atoms with E-state index < -0.39 is 6.23 Å². The largest absolute Gasteiger partial charge is 0.482 e. The Morgan fingerprint density at radius 1 is 1.47 bits per heavy atom. The van der Waals surface area contributed by atoms with Crippen molar-refractivity contribution < 1.29 is 14.6 Å². The average Bonchev–Trinajstić information content (AvgIpc) is 2.32. The molecule has 1 aromatic carbocycles. The molecule has 5 heteroatoms. The van der Waals surface area contributed by atoms with Crippen LogP contribution in [-0.2, 0) is 4.79 Å². The number of fused-ring (bicyclic) bond motifs is 1. The lowest BCUT2D eigenvalue weighted by Gasteiger charge is -2.27. The van der Waals surface area contributed by atoms with Crippen LogP contribution >= 0.6 is 0 Å². The van der Waals surface area contributed by atoms with Crippen LogP contribution in [0, 0.1) is 0 Å². The molecule has 0 aliphatic carbocycles. The van der Waals surface area contributed by atoms with Gasteiger partial charge in [-0.3, -0.25) is 9.69 Å². The van der Waals surface area contributed by atoms with E-state index in [9.17, 15) is 9.90 Å². The van der Waals surface area contributed by atoms with Crippen LogP contribution in [0.25, 0.3) is 0 Å². The minimum Gasteiger partial charge on any atom is -0.482 e. The molecule has 1 amide bonds. The molecule has 2 rings (SSSR count). The number of ether oxygens (including phenoxy) is 1. The highest BCUT2D eigenvalue weighted by Gasteiger charge is 2.23. The van der Waals surface area contributed by atoms with E-state index in [4.69, 9.17) is 4.74 Å². The fourth-order valence-corrected chi connectivity index (χ4v) is 1.75. The molecule has 0 radical (unpaired) electrons. The lowest BCUT2D eigenvalue weighted by Crippen LogP contribution is -2.35. The van der Waals surface area contributed by atoms with Gasteiger partial charge >= 0.3 is 0 Å². The molecule has 0 bridgehead atoms. The van der Waals surface area contributed by atoms with Crippen LogP contribution in [0.4, 0.5) is 5.69 Å². The molecule has 17 heavy (non-hydrogen) atoms. The molecule has 1 aliphatic rings. The Morgan fingerprint density at radius 3 is 2.82 bits per heavy atom. The van der Waals surface area contributed by atoms with Gasteiger partial charge in [0, 0.05) is 7.05 Å². The van der Waals surface area contributed by atoms with E-state index >= 15 is 0 Å². The third-order valence-electron chi connectivity index (χ3n) is 2.86. The SMILES string of the molecule is CN1C(=O)COc2ccc(C(O)N(C)C)cc21. The molecule has 0 aromatic heterocycles. The molecule has 1 N–H and O–H groups in total. The average molecular weight is 236 g/mol. The predicted octanol–water partition coefficient (Wildman–Crippen LogP) is 0.594. The van der Waals surface area contributed by atoms with Crippen LogP contribution in [-0.4, -0.2) is 43.7 Å². The van der Waals surface area contributed by atoms with Gasteiger partial charge in [0.05, 0.1) is 5.69 Å². The summed E-state index contributed by atoms with van der Waals surface area (Å²) in [4.78, 5) is 14.7. The van der Waals surface area contributed by atoms with Crippen molar-refractivity contribution in [2.24, 2.45) is 0 Å². The van der Waals surface area contributed by atoms with Gasteiger partial charge in [0.25, 0.3) is 5.91 Å². The first kappa shape index (κ1) is 11.9. The van der Waals surface area contributed by atoms with Crippen molar-refractivity contribution in [1.82, 2.24) is 4.90 Å². The first-order valence-electron chi connectivity index (χ1n) is 5.38. The smallest absolute Gasteiger partial charge is 0.264 e. The Kier molecular flexibility index (Phi) is 3.04. The minimum atomic E-state index is -0.689. The van der Waals surface area contributed by atoms with Crippen molar-refractivity contribution in [2.75, 3.05) is 32.6 Å². The van der Waals surface area contributed by atoms with E-state index in [0.717, 1.165) is 5.56 Å². The molecule has 1 aromatic rings. The summed E-state index contributed by atoms with van der Waals surface area (Å²) in [6.45, 7) is 0.0685. The van der Waals surface area contributed by atoms with E-state index in [0.29, 0.717) is 11.4 Å². The van der Waals surface area contributed by atoms with Crippen molar-refractivity contribution in [1.29, 1.82) is 0 Å². The third-order valence-corrected chi connectivity index (χ3v) is 2.86. The summed E-state index contributed by atoms with van der Waals surface area (Å²) in [6, 6.07) is 5.35. The highest BCUT2D eigenvalue weighted by molar-refractivity contribution is 5.97. The van der Waals surface area contributed by atoms with Gasteiger partial charge in [-0.15, -0.1) is 0 Å². The predicted molar refractivity (Wildman–Crippen MR) is 64.0 cm³/mol. The van der Waals surface area contributed by atoms with Crippen LogP contribution in [0.1, 0.15) is 11.8 Å². The quantitative estimate of drug-likeness (QED) is 0.764. The van der Waals surface area contributed by atoms with E-state index in [2.05, 4.69) is 0 Å². The first-order chi connectivity index (χ1) is 8.00. The van der Waals surface area contributed by atoms with Gasteiger partial charge in [0.1, 0.15) is 12.0 Å². The Morgan fingerprint density at radius 2 is 2.18 bits per heavy atom. The van der Waals surface area contributed by atoms with Crippen molar-refractivity contribution in [3.05, 3.63) is 23.8 Å². The molecule has 1 atom stereocenters. The third kappa shape index (κ3) is 2.11. The zero-order valence-corrected chi connectivity index (χ0v) is 10.2. The highest BCUT2D eigenvalue weighted by atomic mass is 16.5. The number of nitrogens with zero attached hydrogens (tertiary/aromatic N) is 2. The maximum absolute atomic E-state index is 11.5. The van der Waals surface area contributed by atoms with Gasteiger partial charge in [0.15, 0.2) is 6.61 Å². The van der Waals surface area contributed by atoms with Crippen LogP contribution in [0.2, 0.25) is 0 Å². The number of amides is 1. The van der Waals surface area contributed by atoms with Gasteiger partial charge < -0.3 is 14.7 Å². The zero-order valence-electron chi connectivity index (χ0n) is 10.2. The molecular weight excluding hydrogens is 220 g/mol. The monoisotopic (exact) mass is 236 g/mol. The maximum atomic E-state index is 11.5. The van der Waals surface area contributed by atoms with Crippen LogP contribution in [0.5, 0.6) is 5.75 Å². The number of aliphatic hydroxyl groups excluding tert-OH is 1. The fourth-order valence-electron chi connectivity index (χ4n) is 1.75. The summed E-state index contributed by atoms with van der Waals surface area (Å²) in [5, 5.41) is 9.93. The molecular formula is C12H16N2O3. The fraction of sp³-hybridized carbons (Fsp3) is 0.417. The maximum Gasteiger partial charge on any atom is 0.264 e. The second kappa shape index (κ2) is 4.35. The molecule has 1 aliphatic heterocycles. The molecule has 0 saturated heterocycles. The highest BCUT2D eigenvalue weighted by Crippen LogP contribution is 2.33. The standard InChI is InChI=1S/C12H16N2O3/c1-13(2)12(16)8-4-5-10-9(6-8)14(3)11(15)7-17-10/h4-6,12,16H,7H2,1-3H3. The Balaban J connectivity index is 2.39. The molecule has 0 saturated carbocycles. The summed E-state index contributed by atoms with van der Waals surface area (Å²) < 4.78 is 5.31. The second-order valence-electron chi connectivity index (χ2n) is 4.31. The molecule has 5 nitrogen and oxygen atoms in total. The van der Waals surface area contributed by atoms with Crippen LogP contribution in [0.3, 0.4) is 0 Å². The number of carbonyl (C=O) groups excluding carboxylic acids is 1. The molecule has 0 fully saturated rings. The normalized spacial score (nSPS) is 16.8. The summed E-state index contributed by atoms with van der Waals surface area (Å²) in [5.41, 5.74) is 1.43. The number of hydrogen-bond donors (Lipinski definition) is 1. The van der Waals surface area contributed by atoms with Crippen molar-refractivity contribution >= 4 is 11.6 Å². The van der Waals surface area contributed by atoms with Gasteiger partial charge in [-0.1, -0.05) is 6.07 Å².